The maximum atomic E-state index is 10.7. The van der Waals surface area contributed by atoms with Crippen LogP contribution in [0.5, 0.6) is 0 Å². The molecule has 0 saturated carbocycles. The highest BCUT2D eigenvalue weighted by Crippen LogP contribution is 2.00. The third-order valence-corrected chi connectivity index (χ3v) is 1.02. The van der Waals surface area contributed by atoms with Crippen molar-refractivity contribution in [2.75, 3.05) is 6.61 Å². The molecular formula is C6H10N2O3. The molecule has 0 aromatic heterocycles. The SMILES string of the molecule is CCOC(=O)C(C#N)C(N)O. The Kier molecular flexibility index (Phi) is 4.18. The summed E-state index contributed by atoms with van der Waals surface area (Å²) in [4.78, 5) is 10.7. The molecule has 0 bridgehead atoms. The monoisotopic (exact) mass is 158 g/mol. The number of aliphatic hydroxyl groups is 1. The van der Waals surface area contributed by atoms with E-state index in [1.807, 2.05) is 0 Å². The van der Waals surface area contributed by atoms with Crippen molar-refractivity contribution in [3.05, 3.63) is 0 Å². The molecule has 3 N–H and O–H groups in total. The number of ether oxygens (including phenoxy) is 1. The third kappa shape index (κ3) is 2.98. The topological polar surface area (TPSA) is 96.3 Å². The largest absolute Gasteiger partial charge is 0.465 e. The second-order valence-electron chi connectivity index (χ2n) is 1.85. The van der Waals surface area contributed by atoms with Gasteiger partial charge in [-0.3, -0.25) is 4.79 Å². The van der Waals surface area contributed by atoms with Crippen molar-refractivity contribution < 1.29 is 14.6 Å². The van der Waals surface area contributed by atoms with Crippen LogP contribution in [0.2, 0.25) is 0 Å². The Bertz CT molecular complexity index is 173. The van der Waals surface area contributed by atoms with Crippen LogP contribution >= 0.6 is 0 Å². The Morgan fingerprint density at radius 3 is 2.73 bits per heavy atom. The first-order chi connectivity index (χ1) is 5.13. The normalized spacial score (nSPS) is 14.7. The molecule has 0 aromatic carbocycles. The van der Waals surface area contributed by atoms with E-state index in [1.54, 1.807) is 6.92 Å². The lowest BCUT2D eigenvalue weighted by molar-refractivity contribution is -0.149. The van der Waals surface area contributed by atoms with Gasteiger partial charge in [0.05, 0.1) is 12.7 Å². The van der Waals surface area contributed by atoms with Gasteiger partial charge in [-0.2, -0.15) is 5.26 Å². The molecule has 0 spiro atoms. The lowest BCUT2D eigenvalue weighted by Crippen LogP contribution is -2.35. The smallest absolute Gasteiger partial charge is 0.327 e. The number of carbonyl (C=O) groups is 1. The minimum absolute atomic E-state index is 0.170. The van der Waals surface area contributed by atoms with Crippen molar-refractivity contribution >= 4 is 5.97 Å². The maximum absolute atomic E-state index is 10.7. The fourth-order valence-electron chi connectivity index (χ4n) is 0.501. The van der Waals surface area contributed by atoms with Crippen LogP contribution in [0.25, 0.3) is 0 Å². The van der Waals surface area contributed by atoms with E-state index in [9.17, 15) is 4.79 Å². The molecule has 0 aliphatic carbocycles. The van der Waals surface area contributed by atoms with Crippen LogP contribution in [0.4, 0.5) is 0 Å². The van der Waals surface area contributed by atoms with Gasteiger partial charge in [-0.1, -0.05) is 0 Å². The Hall–Kier alpha value is -1.12. The molecule has 0 saturated heterocycles. The molecular weight excluding hydrogens is 148 g/mol. The summed E-state index contributed by atoms with van der Waals surface area (Å²) in [5, 5.41) is 17.0. The molecule has 0 aliphatic rings. The van der Waals surface area contributed by atoms with Crippen LogP contribution in [0.3, 0.4) is 0 Å². The molecule has 2 atom stereocenters. The maximum Gasteiger partial charge on any atom is 0.327 e. The number of carbonyl (C=O) groups excluding carboxylic acids is 1. The van der Waals surface area contributed by atoms with E-state index in [-0.39, 0.29) is 6.61 Å². The lowest BCUT2D eigenvalue weighted by Gasteiger charge is -2.09. The van der Waals surface area contributed by atoms with Crippen molar-refractivity contribution in [1.29, 1.82) is 5.26 Å². The first-order valence-corrected chi connectivity index (χ1v) is 3.13. The second-order valence-corrected chi connectivity index (χ2v) is 1.85. The Labute approximate surface area is 64.4 Å². The molecule has 0 amide bonds. The van der Waals surface area contributed by atoms with E-state index in [0.29, 0.717) is 0 Å². The predicted molar refractivity (Wildman–Crippen MR) is 35.9 cm³/mol. The Balaban J connectivity index is 4.06. The molecule has 0 radical (unpaired) electrons. The average molecular weight is 158 g/mol. The number of nitriles is 1. The number of aliphatic hydroxyl groups excluding tert-OH is 1. The fraction of sp³-hybridized carbons (Fsp3) is 0.667. The van der Waals surface area contributed by atoms with Gasteiger partial charge in [-0.25, -0.2) is 0 Å². The van der Waals surface area contributed by atoms with Crippen molar-refractivity contribution in [3.8, 4) is 6.07 Å². The van der Waals surface area contributed by atoms with Gasteiger partial charge < -0.3 is 15.6 Å². The Morgan fingerprint density at radius 2 is 2.45 bits per heavy atom. The first-order valence-electron chi connectivity index (χ1n) is 3.13. The molecule has 0 rings (SSSR count). The van der Waals surface area contributed by atoms with Crippen LogP contribution in [-0.2, 0) is 9.53 Å². The zero-order valence-corrected chi connectivity index (χ0v) is 6.15. The summed E-state index contributed by atoms with van der Waals surface area (Å²) in [6.45, 7) is 1.78. The van der Waals surface area contributed by atoms with Gasteiger partial charge in [0.15, 0.2) is 5.92 Å². The van der Waals surface area contributed by atoms with Crippen LogP contribution < -0.4 is 5.73 Å². The molecule has 2 unspecified atom stereocenters. The summed E-state index contributed by atoms with van der Waals surface area (Å²) in [5.74, 6) is -2.07. The summed E-state index contributed by atoms with van der Waals surface area (Å²) in [6.07, 6.45) is -1.47. The Morgan fingerprint density at radius 1 is 1.91 bits per heavy atom. The van der Waals surface area contributed by atoms with Gasteiger partial charge in [0.25, 0.3) is 0 Å². The first kappa shape index (κ1) is 9.88. The average Bonchev–Trinajstić information content (AvgIpc) is 1.88. The van der Waals surface area contributed by atoms with E-state index < -0.39 is 18.1 Å². The van der Waals surface area contributed by atoms with Crippen LogP contribution in [0, 0.1) is 17.2 Å². The molecule has 5 heteroatoms. The molecule has 62 valence electrons. The van der Waals surface area contributed by atoms with Crippen LogP contribution in [-0.4, -0.2) is 23.9 Å². The van der Waals surface area contributed by atoms with E-state index in [4.69, 9.17) is 16.1 Å². The quantitative estimate of drug-likeness (QED) is 0.404. The van der Waals surface area contributed by atoms with E-state index >= 15 is 0 Å². The number of hydrogen-bond donors (Lipinski definition) is 2. The zero-order chi connectivity index (χ0) is 8.85. The standard InChI is InChI=1S/C6H10N2O3/c1-2-11-6(10)4(3-7)5(8)9/h4-5,9H,2,8H2,1H3. The summed E-state index contributed by atoms with van der Waals surface area (Å²) < 4.78 is 4.45. The fourth-order valence-corrected chi connectivity index (χ4v) is 0.501. The van der Waals surface area contributed by atoms with Gasteiger partial charge >= 0.3 is 5.97 Å². The molecule has 0 fully saturated rings. The van der Waals surface area contributed by atoms with Crippen molar-refractivity contribution in [2.24, 2.45) is 11.7 Å². The minimum atomic E-state index is -1.47. The van der Waals surface area contributed by atoms with Gasteiger partial charge in [-0.05, 0) is 6.92 Å². The van der Waals surface area contributed by atoms with Crippen LogP contribution in [0.1, 0.15) is 6.92 Å². The lowest BCUT2D eigenvalue weighted by atomic mass is 10.1. The van der Waals surface area contributed by atoms with E-state index in [2.05, 4.69) is 4.74 Å². The molecule has 0 aliphatic heterocycles. The second kappa shape index (κ2) is 4.66. The number of nitrogens with zero attached hydrogens (tertiary/aromatic N) is 1. The van der Waals surface area contributed by atoms with Gasteiger partial charge in [0, 0.05) is 0 Å². The summed E-state index contributed by atoms with van der Waals surface area (Å²) >= 11 is 0. The molecule has 11 heavy (non-hydrogen) atoms. The molecule has 0 aromatic rings. The van der Waals surface area contributed by atoms with Crippen molar-refractivity contribution in [3.63, 3.8) is 0 Å². The molecule has 5 nitrogen and oxygen atoms in total. The van der Waals surface area contributed by atoms with Gasteiger partial charge in [0.2, 0.25) is 0 Å². The summed E-state index contributed by atoms with van der Waals surface area (Å²) in [7, 11) is 0. The zero-order valence-electron chi connectivity index (χ0n) is 6.15. The highest BCUT2D eigenvalue weighted by Gasteiger charge is 2.24. The van der Waals surface area contributed by atoms with Gasteiger partial charge in [0.1, 0.15) is 6.23 Å². The number of hydrogen-bond acceptors (Lipinski definition) is 5. The predicted octanol–water partition coefficient (Wildman–Crippen LogP) is -1.03. The highest BCUT2D eigenvalue weighted by molar-refractivity contribution is 5.75. The van der Waals surface area contributed by atoms with Crippen molar-refractivity contribution in [2.45, 2.75) is 13.2 Å². The third-order valence-electron chi connectivity index (χ3n) is 1.02. The van der Waals surface area contributed by atoms with Crippen molar-refractivity contribution in [1.82, 2.24) is 0 Å². The number of rotatable bonds is 3. The summed E-state index contributed by atoms with van der Waals surface area (Å²) in [6, 6.07) is 1.54. The van der Waals surface area contributed by atoms with Gasteiger partial charge in [-0.15, -0.1) is 0 Å². The van der Waals surface area contributed by atoms with Crippen LogP contribution in [0.15, 0.2) is 0 Å². The van der Waals surface area contributed by atoms with E-state index in [0.717, 1.165) is 0 Å². The number of esters is 1. The number of nitrogens with two attached hydrogens (primary N) is 1. The molecule has 0 heterocycles. The minimum Gasteiger partial charge on any atom is -0.465 e. The van der Waals surface area contributed by atoms with E-state index in [1.165, 1.54) is 6.07 Å². The highest BCUT2D eigenvalue weighted by atomic mass is 16.5. The summed E-state index contributed by atoms with van der Waals surface area (Å²) in [5.41, 5.74) is 4.91.